The standard InChI is InChI=1S/C12H22O2S/c1-2-3-4-9-15(14)10-8-11-6-5-7-12(11)13/h11H,2-10H2,1H3. The molecule has 2 nitrogen and oxygen atoms in total. The molecule has 0 bridgehead atoms. The van der Waals surface area contributed by atoms with Gasteiger partial charge in [0.2, 0.25) is 0 Å². The third-order valence-electron chi connectivity index (χ3n) is 3.10. The summed E-state index contributed by atoms with van der Waals surface area (Å²) in [6, 6.07) is 0. The van der Waals surface area contributed by atoms with E-state index in [0.717, 1.165) is 43.6 Å². The molecule has 1 fully saturated rings. The third-order valence-corrected chi connectivity index (χ3v) is 4.54. The molecule has 1 aliphatic rings. The molecule has 3 heteroatoms. The first-order valence-electron chi connectivity index (χ1n) is 6.11. The number of hydrogen-bond acceptors (Lipinski definition) is 2. The van der Waals surface area contributed by atoms with Crippen LogP contribution in [-0.4, -0.2) is 21.5 Å². The molecule has 15 heavy (non-hydrogen) atoms. The van der Waals surface area contributed by atoms with E-state index < -0.39 is 10.8 Å². The zero-order chi connectivity index (χ0) is 11.1. The van der Waals surface area contributed by atoms with Crippen molar-refractivity contribution < 1.29 is 9.00 Å². The minimum atomic E-state index is -0.685. The second-order valence-corrected chi connectivity index (χ2v) is 6.10. The van der Waals surface area contributed by atoms with Crippen LogP contribution in [0.4, 0.5) is 0 Å². The fourth-order valence-corrected chi connectivity index (χ4v) is 3.36. The highest BCUT2D eigenvalue weighted by Crippen LogP contribution is 2.24. The van der Waals surface area contributed by atoms with Gasteiger partial charge in [-0.3, -0.25) is 9.00 Å². The molecular weight excluding hydrogens is 208 g/mol. The fraction of sp³-hybridized carbons (Fsp3) is 0.917. The molecule has 0 heterocycles. The van der Waals surface area contributed by atoms with Crippen molar-refractivity contribution in [3.8, 4) is 0 Å². The number of rotatable bonds is 7. The minimum Gasteiger partial charge on any atom is -0.299 e. The van der Waals surface area contributed by atoms with Crippen LogP contribution in [0.1, 0.15) is 51.9 Å². The first kappa shape index (κ1) is 12.9. The van der Waals surface area contributed by atoms with Gasteiger partial charge in [0, 0.05) is 34.6 Å². The van der Waals surface area contributed by atoms with E-state index in [9.17, 15) is 9.00 Å². The van der Waals surface area contributed by atoms with Crippen molar-refractivity contribution in [2.45, 2.75) is 51.9 Å². The van der Waals surface area contributed by atoms with E-state index in [0.29, 0.717) is 5.78 Å². The first-order valence-corrected chi connectivity index (χ1v) is 7.60. The molecule has 0 amide bonds. The van der Waals surface area contributed by atoms with Gasteiger partial charge in [-0.1, -0.05) is 19.8 Å². The van der Waals surface area contributed by atoms with Gasteiger partial charge in [-0.25, -0.2) is 0 Å². The molecule has 0 spiro atoms. The van der Waals surface area contributed by atoms with Crippen LogP contribution >= 0.6 is 0 Å². The molecule has 0 aromatic rings. The normalized spacial score (nSPS) is 23.3. The van der Waals surface area contributed by atoms with E-state index >= 15 is 0 Å². The smallest absolute Gasteiger partial charge is 0.136 e. The Kier molecular flexibility index (Phi) is 6.15. The molecule has 0 N–H and O–H groups in total. The molecule has 1 saturated carbocycles. The molecule has 2 unspecified atom stereocenters. The zero-order valence-corrected chi connectivity index (χ0v) is 10.5. The lowest BCUT2D eigenvalue weighted by Crippen LogP contribution is -2.12. The van der Waals surface area contributed by atoms with Crippen LogP contribution in [0.15, 0.2) is 0 Å². The van der Waals surface area contributed by atoms with E-state index in [-0.39, 0.29) is 5.92 Å². The van der Waals surface area contributed by atoms with Gasteiger partial charge >= 0.3 is 0 Å². The molecule has 1 rings (SSSR count). The highest BCUT2D eigenvalue weighted by Gasteiger charge is 2.24. The van der Waals surface area contributed by atoms with Crippen molar-refractivity contribution in [1.82, 2.24) is 0 Å². The SMILES string of the molecule is CCCCCS(=O)CCC1CCCC1=O. The summed E-state index contributed by atoms with van der Waals surface area (Å²) in [5, 5.41) is 0. The number of Topliss-reactive ketones (excluding diaryl/α,β-unsaturated/α-hetero) is 1. The Morgan fingerprint density at radius 1 is 1.33 bits per heavy atom. The Labute approximate surface area is 95.3 Å². The second kappa shape index (κ2) is 7.15. The first-order chi connectivity index (χ1) is 7.24. The summed E-state index contributed by atoms with van der Waals surface area (Å²) in [5.74, 6) is 2.20. The molecule has 0 aliphatic heterocycles. The Hall–Kier alpha value is -0.180. The predicted molar refractivity (Wildman–Crippen MR) is 64.4 cm³/mol. The monoisotopic (exact) mass is 230 g/mol. The average Bonchev–Trinajstić information content (AvgIpc) is 2.61. The molecule has 2 atom stereocenters. The van der Waals surface area contributed by atoms with Crippen molar-refractivity contribution >= 4 is 16.6 Å². The van der Waals surface area contributed by atoms with Crippen LogP contribution in [0.25, 0.3) is 0 Å². The maximum atomic E-state index is 11.6. The summed E-state index contributed by atoms with van der Waals surface area (Å²) in [5.41, 5.74) is 0. The Morgan fingerprint density at radius 3 is 2.73 bits per heavy atom. The summed E-state index contributed by atoms with van der Waals surface area (Å²) in [6.07, 6.45) is 7.12. The van der Waals surface area contributed by atoms with E-state index in [1.54, 1.807) is 0 Å². The van der Waals surface area contributed by atoms with Gasteiger partial charge < -0.3 is 0 Å². The lowest BCUT2D eigenvalue weighted by molar-refractivity contribution is -0.120. The molecule has 0 aromatic carbocycles. The Balaban J connectivity index is 2.08. The van der Waals surface area contributed by atoms with Crippen LogP contribution in [0.3, 0.4) is 0 Å². The fourth-order valence-electron chi connectivity index (χ4n) is 2.08. The second-order valence-electron chi connectivity index (χ2n) is 4.40. The topological polar surface area (TPSA) is 34.1 Å². The van der Waals surface area contributed by atoms with Crippen molar-refractivity contribution in [1.29, 1.82) is 0 Å². The maximum Gasteiger partial charge on any atom is 0.136 e. The molecular formula is C12H22O2S. The van der Waals surface area contributed by atoms with Gasteiger partial charge in [0.05, 0.1) is 0 Å². The quantitative estimate of drug-likeness (QED) is 0.630. The molecule has 0 saturated heterocycles. The zero-order valence-electron chi connectivity index (χ0n) is 9.67. The highest BCUT2D eigenvalue weighted by atomic mass is 32.2. The average molecular weight is 230 g/mol. The molecule has 1 aliphatic carbocycles. The van der Waals surface area contributed by atoms with Crippen LogP contribution in [-0.2, 0) is 15.6 Å². The van der Waals surface area contributed by atoms with Crippen LogP contribution in [0, 0.1) is 5.92 Å². The van der Waals surface area contributed by atoms with E-state index in [4.69, 9.17) is 0 Å². The highest BCUT2D eigenvalue weighted by molar-refractivity contribution is 7.84. The van der Waals surface area contributed by atoms with Crippen molar-refractivity contribution in [3.05, 3.63) is 0 Å². The predicted octanol–water partition coefficient (Wildman–Crippen LogP) is 2.68. The van der Waals surface area contributed by atoms with Crippen molar-refractivity contribution in [2.24, 2.45) is 5.92 Å². The van der Waals surface area contributed by atoms with Crippen LogP contribution in [0.2, 0.25) is 0 Å². The lowest BCUT2D eigenvalue weighted by Gasteiger charge is -2.07. The molecule has 88 valence electrons. The van der Waals surface area contributed by atoms with Crippen LogP contribution < -0.4 is 0 Å². The number of carbonyl (C=O) groups is 1. The Bertz CT molecular complexity index is 226. The molecule has 0 aromatic heterocycles. The lowest BCUT2D eigenvalue weighted by atomic mass is 10.1. The van der Waals surface area contributed by atoms with Gasteiger partial charge in [-0.15, -0.1) is 0 Å². The van der Waals surface area contributed by atoms with Gasteiger partial charge in [0.25, 0.3) is 0 Å². The third kappa shape index (κ3) is 4.92. The number of carbonyl (C=O) groups excluding carboxylic acids is 1. The van der Waals surface area contributed by atoms with Gasteiger partial charge in [-0.05, 0) is 25.7 Å². The summed E-state index contributed by atoms with van der Waals surface area (Å²) in [7, 11) is -0.685. The minimum absolute atomic E-state index is 0.236. The summed E-state index contributed by atoms with van der Waals surface area (Å²) in [6.45, 7) is 2.15. The van der Waals surface area contributed by atoms with E-state index in [1.807, 2.05) is 0 Å². The van der Waals surface area contributed by atoms with E-state index in [2.05, 4.69) is 6.92 Å². The van der Waals surface area contributed by atoms with Gasteiger partial charge in [0.15, 0.2) is 0 Å². The van der Waals surface area contributed by atoms with E-state index in [1.165, 1.54) is 12.8 Å². The largest absolute Gasteiger partial charge is 0.299 e. The van der Waals surface area contributed by atoms with Crippen molar-refractivity contribution in [3.63, 3.8) is 0 Å². The number of ketones is 1. The summed E-state index contributed by atoms with van der Waals surface area (Å²) < 4.78 is 11.6. The van der Waals surface area contributed by atoms with Gasteiger partial charge in [0.1, 0.15) is 5.78 Å². The molecule has 0 radical (unpaired) electrons. The Morgan fingerprint density at radius 2 is 2.13 bits per heavy atom. The summed E-state index contributed by atoms with van der Waals surface area (Å²) in [4.78, 5) is 11.3. The number of hydrogen-bond donors (Lipinski definition) is 0. The maximum absolute atomic E-state index is 11.6. The van der Waals surface area contributed by atoms with Gasteiger partial charge in [-0.2, -0.15) is 0 Å². The van der Waals surface area contributed by atoms with Crippen molar-refractivity contribution in [2.75, 3.05) is 11.5 Å². The number of unbranched alkanes of at least 4 members (excludes halogenated alkanes) is 2. The van der Waals surface area contributed by atoms with Crippen LogP contribution in [0.5, 0.6) is 0 Å². The summed E-state index contributed by atoms with van der Waals surface area (Å²) >= 11 is 0.